The van der Waals surface area contributed by atoms with Gasteiger partial charge in [-0.1, -0.05) is 33.7 Å². The van der Waals surface area contributed by atoms with Gasteiger partial charge >= 0.3 is 0 Å². The maximum Gasteiger partial charge on any atom is 0.155 e. The van der Waals surface area contributed by atoms with Gasteiger partial charge in [-0.05, 0) is 74.3 Å². The highest BCUT2D eigenvalue weighted by Gasteiger charge is 2.15. The normalized spacial score (nSPS) is 14.7. The SMILES string of the molecule is CC(Nc1nc(-c2ccc(N3CCOCC3)cc2)cc2nccnc12)SSSSSSSCNCCO. The second-order valence-corrected chi connectivity index (χ2v) is 19.2. The maximum absolute atomic E-state index is 8.76. The molecule has 2 aromatic heterocycles. The van der Waals surface area contributed by atoms with Crippen molar-refractivity contribution in [3.63, 3.8) is 0 Å². The Morgan fingerprint density at radius 1 is 1.03 bits per heavy atom. The number of benzene rings is 1. The van der Waals surface area contributed by atoms with E-state index >= 15 is 0 Å². The fourth-order valence-electron chi connectivity index (χ4n) is 3.45. The number of hydrogen-bond donors (Lipinski definition) is 3. The molecule has 0 radical (unpaired) electrons. The number of morpholine rings is 1. The van der Waals surface area contributed by atoms with Gasteiger partial charge in [0.05, 0.1) is 42.3 Å². The minimum atomic E-state index is 0.129. The first kappa shape index (κ1) is 29.6. The smallest absolute Gasteiger partial charge is 0.155 e. The Kier molecular flexibility index (Phi) is 13.3. The molecule has 37 heavy (non-hydrogen) atoms. The molecule has 8 nitrogen and oxygen atoms in total. The summed E-state index contributed by atoms with van der Waals surface area (Å²) in [5.74, 6) is 1.57. The Morgan fingerprint density at radius 2 is 1.78 bits per heavy atom. The van der Waals surface area contributed by atoms with Crippen LogP contribution in [0.2, 0.25) is 0 Å². The number of nitrogens with one attached hydrogen (secondary N) is 2. The van der Waals surface area contributed by atoms with Crippen LogP contribution < -0.4 is 15.5 Å². The standard InChI is InChI=1S/C22H28N6O2S7/c1-16(32-34-36-37-35-33-31-15-23-8-11-29)26-22-21-20(24-6-7-25-21)14-19(27-22)17-2-4-18(5-3-17)28-9-12-30-13-10-28/h2-7,14,16,23,29H,8-13,15H2,1H3,(H,26,27). The van der Waals surface area contributed by atoms with Crippen LogP contribution in [0.3, 0.4) is 0 Å². The largest absolute Gasteiger partial charge is 0.395 e. The number of ether oxygens (including phenoxy) is 1. The molecule has 1 saturated heterocycles. The number of nitrogens with zero attached hydrogens (tertiary/aromatic N) is 4. The Morgan fingerprint density at radius 3 is 2.59 bits per heavy atom. The third-order valence-corrected chi connectivity index (χ3v) is 18.2. The van der Waals surface area contributed by atoms with Gasteiger partial charge in [-0.25, -0.2) is 9.97 Å². The van der Waals surface area contributed by atoms with E-state index in [1.54, 1.807) is 83.1 Å². The number of rotatable bonds is 15. The number of anilines is 2. The Labute approximate surface area is 243 Å². The van der Waals surface area contributed by atoms with E-state index in [0.29, 0.717) is 6.54 Å². The summed E-state index contributed by atoms with van der Waals surface area (Å²) in [6, 6.07) is 10.6. The molecule has 4 rings (SSSR count). The highest BCUT2D eigenvalue weighted by molar-refractivity contribution is 9.46. The van der Waals surface area contributed by atoms with E-state index in [4.69, 9.17) is 14.8 Å². The number of fused-ring (bicyclic) bond motifs is 1. The van der Waals surface area contributed by atoms with Gasteiger partial charge in [-0.2, -0.15) is 0 Å². The van der Waals surface area contributed by atoms with Gasteiger partial charge in [0.15, 0.2) is 5.82 Å². The third-order valence-electron chi connectivity index (χ3n) is 5.13. The van der Waals surface area contributed by atoms with Crippen molar-refractivity contribution in [2.24, 2.45) is 0 Å². The topological polar surface area (TPSA) is 95.4 Å². The van der Waals surface area contributed by atoms with E-state index < -0.39 is 0 Å². The van der Waals surface area contributed by atoms with E-state index in [-0.39, 0.29) is 12.0 Å². The molecule has 0 amide bonds. The average molecular weight is 633 g/mol. The minimum Gasteiger partial charge on any atom is -0.395 e. The maximum atomic E-state index is 8.76. The molecule has 0 aliphatic carbocycles. The van der Waals surface area contributed by atoms with Crippen molar-refractivity contribution in [3.8, 4) is 11.3 Å². The molecule has 1 aliphatic heterocycles. The van der Waals surface area contributed by atoms with Crippen LogP contribution in [-0.4, -0.2) is 70.8 Å². The summed E-state index contributed by atoms with van der Waals surface area (Å²) in [4.78, 5) is 16.4. The molecule has 0 spiro atoms. The molecule has 200 valence electrons. The summed E-state index contributed by atoms with van der Waals surface area (Å²) in [7, 11) is 12.2. The number of hydrogen-bond acceptors (Lipinski definition) is 15. The van der Waals surface area contributed by atoms with Crippen molar-refractivity contribution in [2.45, 2.75) is 12.3 Å². The summed E-state index contributed by atoms with van der Waals surface area (Å²) in [6.45, 7) is 6.32. The van der Waals surface area contributed by atoms with Crippen molar-refractivity contribution in [3.05, 3.63) is 42.7 Å². The molecule has 1 atom stereocenters. The van der Waals surface area contributed by atoms with Crippen LogP contribution in [0.4, 0.5) is 11.5 Å². The summed E-state index contributed by atoms with van der Waals surface area (Å²) in [5, 5.41) is 15.6. The van der Waals surface area contributed by atoms with E-state index in [1.165, 1.54) is 5.69 Å². The van der Waals surface area contributed by atoms with Crippen LogP contribution in [-0.2, 0) is 4.74 Å². The lowest BCUT2D eigenvalue weighted by Gasteiger charge is -2.28. The zero-order chi connectivity index (χ0) is 25.7. The number of pyridine rings is 1. The van der Waals surface area contributed by atoms with Crippen molar-refractivity contribution >= 4 is 93.3 Å². The second kappa shape index (κ2) is 16.7. The highest BCUT2D eigenvalue weighted by Crippen LogP contribution is 2.55. The monoisotopic (exact) mass is 632 g/mol. The number of aromatic nitrogens is 3. The molecule has 3 N–H and O–H groups in total. The van der Waals surface area contributed by atoms with Crippen LogP contribution in [0.5, 0.6) is 0 Å². The molecule has 1 aromatic carbocycles. The molecule has 0 bridgehead atoms. The van der Waals surface area contributed by atoms with Crippen molar-refractivity contribution < 1.29 is 9.84 Å². The molecular weight excluding hydrogens is 605 g/mol. The Balaban J connectivity index is 1.31. The summed E-state index contributed by atoms with van der Waals surface area (Å²) in [5.41, 5.74) is 4.72. The lowest BCUT2D eigenvalue weighted by molar-refractivity contribution is 0.122. The van der Waals surface area contributed by atoms with E-state index in [0.717, 1.165) is 60.3 Å². The fourth-order valence-corrected chi connectivity index (χ4v) is 17.5. The van der Waals surface area contributed by atoms with Gasteiger partial charge in [0.25, 0.3) is 0 Å². The van der Waals surface area contributed by atoms with Crippen LogP contribution in [0.25, 0.3) is 22.3 Å². The Hall–Kier alpha value is -0.360. The number of aliphatic hydroxyl groups is 1. The van der Waals surface area contributed by atoms with Crippen LogP contribution >= 0.6 is 70.7 Å². The fraction of sp³-hybridized carbons (Fsp3) is 0.409. The molecule has 1 aliphatic rings. The molecule has 15 heteroatoms. The molecule has 0 saturated carbocycles. The van der Waals surface area contributed by atoms with Crippen molar-refractivity contribution in [1.29, 1.82) is 0 Å². The van der Waals surface area contributed by atoms with Gasteiger partial charge < -0.3 is 25.4 Å². The summed E-state index contributed by atoms with van der Waals surface area (Å²) in [6.07, 6.45) is 3.42. The average Bonchev–Trinajstić information content (AvgIpc) is 2.94. The third kappa shape index (κ3) is 9.65. The van der Waals surface area contributed by atoms with Gasteiger partial charge in [0, 0.05) is 43.3 Å². The molecule has 1 fully saturated rings. The van der Waals surface area contributed by atoms with Crippen LogP contribution in [0.1, 0.15) is 6.92 Å². The molecular formula is C22H28N6O2S7. The van der Waals surface area contributed by atoms with E-state index in [1.807, 2.05) is 6.07 Å². The molecule has 3 heterocycles. The van der Waals surface area contributed by atoms with E-state index in [2.05, 4.69) is 56.7 Å². The predicted octanol–water partition coefficient (Wildman–Crippen LogP) is 6.45. The summed E-state index contributed by atoms with van der Waals surface area (Å²) < 4.78 is 5.47. The van der Waals surface area contributed by atoms with Gasteiger partial charge in [-0.3, -0.25) is 4.98 Å². The summed E-state index contributed by atoms with van der Waals surface area (Å²) >= 11 is 0. The van der Waals surface area contributed by atoms with Crippen molar-refractivity contribution in [1.82, 2.24) is 20.3 Å². The molecule has 1 unspecified atom stereocenters. The zero-order valence-corrected chi connectivity index (χ0v) is 25.8. The van der Waals surface area contributed by atoms with Crippen LogP contribution in [0.15, 0.2) is 42.7 Å². The quantitative estimate of drug-likeness (QED) is 0.0972. The lowest BCUT2D eigenvalue weighted by atomic mass is 10.1. The van der Waals surface area contributed by atoms with Gasteiger partial charge in [0.1, 0.15) is 5.52 Å². The highest BCUT2D eigenvalue weighted by atomic mass is 33.9. The lowest BCUT2D eigenvalue weighted by Crippen LogP contribution is -2.36. The first-order valence-corrected chi connectivity index (χ1v) is 20.5. The molecule has 3 aromatic rings. The van der Waals surface area contributed by atoms with Gasteiger partial charge in [0.2, 0.25) is 0 Å². The van der Waals surface area contributed by atoms with E-state index in [9.17, 15) is 0 Å². The van der Waals surface area contributed by atoms with Gasteiger partial charge in [-0.15, -0.1) is 0 Å². The number of aliphatic hydroxyl groups excluding tert-OH is 1. The second-order valence-electron chi connectivity index (χ2n) is 7.64. The van der Waals surface area contributed by atoms with Crippen molar-refractivity contribution in [2.75, 3.05) is 55.5 Å². The predicted molar refractivity (Wildman–Crippen MR) is 172 cm³/mol. The zero-order valence-electron chi connectivity index (χ0n) is 20.1. The van der Waals surface area contributed by atoms with Crippen LogP contribution in [0, 0.1) is 0 Å². The first-order valence-electron chi connectivity index (χ1n) is 11.5. The minimum absolute atomic E-state index is 0.129. The Bertz CT molecular complexity index is 1090. The first-order chi connectivity index (χ1) is 18.2.